The summed E-state index contributed by atoms with van der Waals surface area (Å²) in [6.07, 6.45) is -4.81. The van der Waals surface area contributed by atoms with Crippen LogP contribution in [-0.2, 0) is 5.60 Å². The van der Waals surface area contributed by atoms with Crippen molar-refractivity contribution in [1.82, 2.24) is 0 Å². The summed E-state index contributed by atoms with van der Waals surface area (Å²) >= 11 is 1.43. The maximum atomic E-state index is 12.4. The summed E-state index contributed by atoms with van der Waals surface area (Å²) in [6.45, 7) is 1.53. The third kappa shape index (κ3) is 5.14. The van der Waals surface area contributed by atoms with Crippen molar-refractivity contribution in [2.75, 3.05) is 11.9 Å². The van der Waals surface area contributed by atoms with Crippen LogP contribution in [0.2, 0.25) is 0 Å². The summed E-state index contributed by atoms with van der Waals surface area (Å²) in [5.41, 5.74) is 5.17. The summed E-state index contributed by atoms with van der Waals surface area (Å²) < 4.78 is 41.0. The van der Waals surface area contributed by atoms with Crippen molar-refractivity contribution in [2.24, 2.45) is 10.7 Å². The zero-order valence-corrected chi connectivity index (χ0v) is 13.5. The molecule has 2 rings (SSSR count). The molecule has 0 saturated heterocycles. The van der Waals surface area contributed by atoms with Crippen LogP contribution in [0.25, 0.3) is 0 Å². The van der Waals surface area contributed by atoms with Gasteiger partial charge in [-0.3, -0.25) is 0 Å². The molecule has 2 aromatic rings. The Morgan fingerprint density at radius 3 is 2.67 bits per heavy atom. The van der Waals surface area contributed by atoms with Crippen LogP contribution in [0.3, 0.4) is 0 Å². The molecule has 0 aliphatic rings. The van der Waals surface area contributed by atoms with Gasteiger partial charge in [0.15, 0.2) is 11.7 Å². The minimum absolute atomic E-state index is 0.0197. The van der Waals surface area contributed by atoms with Crippen LogP contribution in [0.15, 0.2) is 46.1 Å². The Morgan fingerprint density at radius 1 is 1.33 bits per heavy atom. The number of aliphatic hydroxyl groups is 1. The number of halogens is 3. The predicted molar refractivity (Wildman–Crippen MR) is 87.1 cm³/mol. The van der Waals surface area contributed by atoms with Gasteiger partial charge >= 0.3 is 6.36 Å². The van der Waals surface area contributed by atoms with Crippen molar-refractivity contribution in [1.29, 1.82) is 0 Å². The topological polar surface area (TPSA) is 79.9 Å². The fourth-order valence-corrected chi connectivity index (χ4v) is 2.65. The first-order chi connectivity index (χ1) is 11.2. The number of thiophene rings is 1. The van der Waals surface area contributed by atoms with Gasteiger partial charge in [0.25, 0.3) is 0 Å². The quantitative estimate of drug-likeness (QED) is 0.565. The molecule has 0 saturated carbocycles. The van der Waals surface area contributed by atoms with Crippen molar-refractivity contribution in [3.63, 3.8) is 0 Å². The number of nitrogens with zero attached hydrogens (tertiary/aromatic N) is 1. The molecule has 1 aromatic carbocycles. The van der Waals surface area contributed by atoms with E-state index in [0.29, 0.717) is 5.56 Å². The summed E-state index contributed by atoms with van der Waals surface area (Å²) in [7, 11) is 0. The van der Waals surface area contributed by atoms with E-state index in [1.807, 2.05) is 5.38 Å². The number of aliphatic imine (C=N–C) groups is 1. The zero-order valence-electron chi connectivity index (χ0n) is 12.7. The number of nitrogens with two attached hydrogens (primary N) is 1. The lowest BCUT2D eigenvalue weighted by Crippen LogP contribution is -2.29. The molecule has 1 unspecified atom stereocenters. The monoisotopic (exact) mass is 359 g/mol. The Balaban J connectivity index is 2.08. The normalized spacial score (nSPS) is 15.0. The fraction of sp³-hybridized carbons (Fsp3) is 0.267. The van der Waals surface area contributed by atoms with E-state index in [9.17, 15) is 18.3 Å². The smallest absolute Gasteiger partial charge is 0.404 e. The van der Waals surface area contributed by atoms with Gasteiger partial charge in [0.05, 0.1) is 12.2 Å². The second-order valence-corrected chi connectivity index (χ2v) is 5.94. The van der Waals surface area contributed by atoms with Crippen LogP contribution in [0, 0.1) is 0 Å². The predicted octanol–water partition coefficient (Wildman–Crippen LogP) is 3.28. The molecule has 4 N–H and O–H groups in total. The molecule has 0 spiro atoms. The number of hydrogen-bond donors (Lipinski definition) is 3. The van der Waals surface area contributed by atoms with Crippen LogP contribution in [0.4, 0.5) is 18.9 Å². The van der Waals surface area contributed by atoms with Gasteiger partial charge in [-0.15, -0.1) is 13.2 Å². The minimum Gasteiger partial charge on any atom is -0.404 e. The minimum atomic E-state index is -4.81. The lowest BCUT2D eigenvalue weighted by Gasteiger charge is -2.20. The number of alkyl halides is 3. The number of para-hydroxylation sites is 2. The van der Waals surface area contributed by atoms with Gasteiger partial charge in [0.1, 0.15) is 5.60 Å². The third-order valence-corrected chi connectivity index (χ3v) is 3.76. The van der Waals surface area contributed by atoms with Crippen LogP contribution in [-0.4, -0.2) is 24.0 Å². The van der Waals surface area contributed by atoms with Gasteiger partial charge in [0.2, 0.25) is 0 Å². The first-order valence-corrected chi connectivity index (χ1v) is 7.78. The Bertz CT molecular complexity index is 700. The Kier molecular flexibility index (Phi) is 5.35. The van der Waals surface area contributed by atoms with Crippen LogP contribution in [0.5, 0.6) is 5.75 Å². The molecule has 0 bridgehead atoms. The summed E-state index contributed by atoms with van der Waals surface area (Å²) in [4.78, 5) is 3.99. The molecule has 24 heavy (non-hydrogen) atoms. The molecular formula is C15H16F3N3O2S. The van der Waals surface area contributed by atoms with Crippen LogP contribution in [0.1, 0.15) is 12.5 Å². The summed E-state index contributed by atoms with van der Waals surface area (Å²) in [6, 6.07) is 7.22. The molecule has 1 heterocycles. The lowest BCUT2D eigenvalue weighted by molar-refractivity contribution is -0.274. The molecule has 1 atom stereocenters. The number of ether oxygens (including phenoxy) is 1. The fourth-order valence-electron chi connectivity index (χ4n) is 1.86. The van der Waals surface area contributed by atoms with E-state index in [-0.39, 0.29) is 18.2 Å². The largest absolute Gasteiger partial charge is 0.573 e. The third-order valence-electron chi connectivity index (χ3n) is 3.08. The van der Waals surface area contributed by atoms with Gasteiger partial charge in [-0.2, -0.15) is 11.3 Å². The number of rotatable bonds is 5. The highest BCUT2D eigenvalue weighted by molar-refractivity contribution is 7.08. The lowest BCUT2D eigenvalue weighted by atomic mass is 10.00. The van der Waals surface area contributed by atoms with E-state index in [1.165, 1.54) is 29.5 Å². The number of benzene rings is 1. The molecular weight excluding hydrogens is 343 g/mol. The Morgan fingerprint density at radius 2 is 2.04 bits per heavy atom. The van der Waals surface area contributed by atoms with Gasteiger partial charge < -0.3 is 20.9 Å². The van der Waals surface area contributed by atoms with Crippen molar-refractivity contribution in [3.8, 4) is 5.75 Å². The maximum Gasteiger partial charge on any atom is 0.573 e. The first-order valence-electron chi connectivity index (χ1n) is 6.84. The summed E-state index contributed by atoms with van der Waals surface area (Å²) in [5.74, 6) is -0.559. The maximum absolute atomic E-state index is 12.4. The first kappa shape index (κ1) is 18.1. The van der Waals surface area contributed by atoms with E-state index in [0.717, 1.165) is 6.07 Å². The second-order valence-electron chi connectivity index (χ2n) is 5.16. The number of hydrogen-bond acceptors (Lipinski definition) is 4. The van der Waals surface area contributed by atoms with Crippen molar-refractivity contribution in [2.45, 2.75) is 18.9 Å². The van der Waals surface area contributed by atoms with Crippen LogP contribution >= 0.6 is 11.3 Å². The zero-order chi connectivity index (χ0) is 17.8. The van der Waals surface area contributed by atoms with E-state index < -0.39 is 17.7 Å². The highest BCUT2D eigenvalue weighted by Gasteiger charge is 2.32. The average Bonchev–Trinajstić information content (AvgIpc) is 3.01. The van der Waals surface area contributed by atoms with E-state index >= 15 is 0 Å². The molecule has 1 aromatic heterocycles. The standard InChI is InChI=1S/C15H16F3N3O2S/c1-14(22,10-6-7-24-8-10)9-20-13(19)21-11-4-2-3-5-12(11)23-15(16,17)18/h2-8,22H,9H2,1H3,(H3,19,20,21). The van der Waals surface area contributed by atoms with Gasteiger partial charge in [-0.1, -0.05) is 12.1 Å². The average molecular weight is 359 g/mol. The van der Waals surface area contributed by atoms with Gasteiger partial charge in [0, 0.05) is 0 Å². The van der Waals surface area contributed by atoms with Gasteiger partial charge in [-0.25, -0.2) is 4.99 Å². The Hall–Kier alpha value is -2.26. The van der Waals surface area contributed by atoms with Crippen molar-refractivity contribution in [3.05, 3.63) is 46.7 Å². The van der Waals surface area contributed by atoms with E-state index in [2.05, 4.69) is 15.0 Å². The van der Waals surface area contributed by atoms with Crippen LogP contribution < -0.4 is 15.8 Å². The molecule has 9 heteroatoms. The SMILES string of the molecule is CC(O)(CN=C(N)Nc1ccccc1OC(F)(F)F)c1ccsc1. The molecule has 0 fully saturated rings. The van der Waals surface area contributed by atoms with Crippen molar-refractivity contribution >= 4 is 23.0 Å². The highest BCUT2D eigenvalue weighted by atomic mass is 32.1. The molecule has 0 radical (unpaired) electrons. The Labute approximate surface area is 140 Å². The molecule has 5 nitrogen and oxygen atoms in total. The number of guanidine groups is 1. The molecule has 0 amide bonds. The van der Waals surface area contributed by atoms with E-state index in [1.54, 1.807) is 18.4 Å². The summed E-state index contributed by atoms with van der Waals surface area (Å²) in [5, 5.41) is 16.5. The highest BCUT2D eigenvalue weighted by Crippen LogP contribution is 2.30. The molecule has 0 aliphatic heterocycles. The molecule has 0 aliphatic carbocycles. The second kappa shape index (κ2) is 7.10. The molecule has 130 valence electrons. The number of nitrogens with one attached hydrogen (secondary N) is 1. The van der Waals surface area contributed by atoms with Gasteiger partial charge in [-0.05, 0) is 41.4 Å². The number of anilines is 1. The van der Waals surface area contributed by atoms with E-state index in [4.69, 9.17) is 5.73 Å². The van der Waals surface area contributed by atoms with Crippen molar-refractivity contribution < 1.29 is 23.0 Å².